The highest BCUT2D eigenvalue weighted by Crippen LogP contribution is 2.42. The second kappa shape index (κ2) is 22.0. The maximum atomic E-state index is 6.55. The molecule has 0 unspecified atom stereocenters. The summed E-state index contributed by atoms with van der Waals surface area (Å²) in [6.45, 7) is 22.4. The van der Waals surface area contributed by atoms with Gasteiger partial charge in [-0.3, -0.25) is 0 Å². The molecule has 0 aliphatic heterocycles. The molecule has 8 nitrogen and oxygen atoms in total. The molecule has 1 aromatic heterocycles. The topological polar surface area (TPSA) is 118 Å². The highest BCUT2D eigenvalue weighted by atomic mass is 16.5. The normalized spacial score (nSPS) is 13.7. The van der Waals surface area contributed by atoms with Crippen molar-refractivity contribution in [2.75, 3.05) is 31.3 Å². The number of hydrogen-bond acceptors (Lipinski definition) is 8. The van der Waals surface area contributed by atoms with E-state index in [4.69, 9.17) is 25.7 Å². The van der Waals surface area contributed by atoms with E-state index >= 15 is 0 Å². The Hall–Kier alpha value is -2.77. The van der Waals surface area contributed by atoms with E-state index in [0.29, 0.717) is 66.2 Å². The lowest BCUT2D eigenvalue weighted by atomic mass is 9.97. The van der Waals surface area contributed by atoms with E-state index < -0.39 is 0 Å². The molecular formula is C39H69N5O3. The molecule has 0 fully saturated rings. The van der Waals surface area contributed by atoms with Crippen LogP contribution in [-0.4, -0.2) is 34.8 Å². The maximum Gasteiger partial charge on any atom is 0.225 e. The van der Waals surface area contributed by atoms with Gasteiger partial charge in [0, 0.05) is 5.56 Å². The summed E-state index contributed by atoms with van der Waals surface area (Å²) in [6, 6.07) is 3.86. The van der Waals surface area contributed by atoms with Crippen molar-refractivity contribution in [2.45, 2.75) is 139 Å². The zero-order chi connectivity index (χ0) is 34.8. The van der Waals surface area contributed by atoms with E-state index in [1.54, 1.807) is 0 Å². The van der Waals surface area contributed by atoms with Crippen LogP contribution in [0.15, 0.2) is 12.1 Å². The molecule has 0 aliphatic carbocycles. The Morgan fingerprint density at radius 3 is 1.21 bits per heavy atom. The fourth-order valence-corrected chi connectivity index (χ4v) is 5.76. The number of aromatic nitrogens is 3. The summed E-state index contributed by atoms with van der Waals surface area (Å²) in [5, 5.41) is 0. The molecule has 2 aromatic rings. The molecule has 0 saturated carbocycles. The molecule has 1 heterocycles. The summed E-state index contributed by atoms with van der Waals surface area (Å²) in [5.41, 5.74) is 12.6. The first-order valence-electron chi connectivity index (χ1n) is 18.7. The minimum absolute atomic E-state index is 0.0784. The van der Waals surface area contributed by atoms with E-state index in [0.717, 1.165) is 37.0 Å². The highest BCUT2D eigenvalue weighted by molar-refractivity contribution is 5.67. The number of benzene rings is 1. The van der Waals surface area contributed by atoms with Crippen LogP contribution >= 0.6 is 0 Å². The molecule has 4 N–H and O–H groups in total. The molecule has 1 aromatic carbocycles. The van der Waals surface area contributed by atoms with Gasteiger partial charge in [-0.25, -0.2) is 0 Å². The fourth-order valence-electron chi connectivity index (χ4n) is 5.76. The first-order valence-corrected chi connectivity index (χ1v) is 18.7. The quantitative estimate of drug-likeness (QED) is 0.108. The predicted molar refractivity (Wildman–Crippen MR) is 198 cm³/mol. The summed E-state index contributed by atoms with van der Waals surface area (Å²) < 4.78 is 19.6. The van der Waals surface area contributed by atoms with Crippen molar-refractivity contribution in [3.05, 3.63) is 12.1 Å². The van der Waals surface area contributed by atoms with Gasteiger partial charge in [-0.05, 0) is 66.9 Å². The van der Waals surface area contributed by atoms with Crippen molar-refractivity contribution in [3.63, 3.8) is 0 Å². The first-order chi connectivity index (χ1) is 22.3. The van der Waals surface area contributed by atoms with Crippen LogP contribution in [0.1, 0.15) is 139 Å². The molecule has 0 radical (unpaired) electrons. The van der Waals surface area contributed by atoms with Gasteiger partial charge in [0.1, 0.15) is 0 Å². The summed E-state index contributed by atoms with van der Waals surface area (Å²) in [7, 11) is 0. The predicted octanol–water partition coefficient (Wildman–Crippen LogP) is 10.4. The van der Waals surface area contributed by atoms with Gasteiger partial charge >= 0.3 is 0 Å². The Bertz CT molecular complexity index is 1070. The Kier molecular flexibility index (Phi) is 18.9. The van der Waals surface area contributed by atoms with Crippen LogP contribution in [0.25, 0.3) is 11.4 Å². The number of anilines is 2. The van der Waals surface area contributed by atoms with Crippen molar-refractivity contribution in [1.82, 2.24) is 15.0 Å². The molecule has 0 saturated heterocycles. The third-order valence-electron chi connectivity index (χ3n) is 8.98. The third kappa shape index (κ3) is 17.3. The van der Waals surface area contributed by atoms with Gasteiger partial charge in [-0.1, -0.05) is 120 Å². The van der Waals surface area contributed by atoms with Gasteiger partial charge in [0.15, 0.2) is 17.3 Å². The summed E-state index contributed by atoms with van der Waals surface area (Å²) >= 11 is 0. The Morgan fingerprint density at radius 2 is 0.851 bits per heavy atom. The summed E-state index contributed by atoms with van der Waals surface area (Å²) in [6.07, 6.45) is 14.0. The van der Waals surface area contributed by atoms with Gasteiger partial charge in [0.05, 0.1) is 19.8 Å². The van der Waals surface area contributed by atoms with Crippen molar-refractivity contribution < 1.29 is 14.2 Å². The lowest BCUT2D eigenvalue weighted by Crippen LogP contribution is -2.11. The average Bonchev–Trinajstić information content (AvgIpc) is 2.97. The minimum atomic E-state index is 0.0784. The van der Waals surface area contributed by atoms with Crippen LogP contribution < -0.4 is 25.7 Å². The largest absolute Gasteiger partial charge is 0.490 e. The fraction of sp³-hybridized carbons (Fsp3) is 0.769. The van der Waals surface area contributed by atoms with Gasteiger partial charge in [-0.15, -0.1) is 0 Å². The molecule has 268 valence electrons. The van der Waals surface area contributed by atoms with Crippen molar-refractivity contribution in [2.24, 2.45) is 35.5 Å². The molecule has 8 heteroatoms. The third-order valence-corrected chi connectivity index (χ3v) is 8.98. The number of rotatable bonds is 25. The van der Waals surface area contributed by atoms with Crippen molar-refractivity contribution >= 4 is 11.9 Å². The molecule has 2 rings (SSSR count). The average molecular weight is 656 g/mol. The Balaban J connectivity index is 2.30. The first kappa shape index (κ1) is 40.4. The summed E-state index contributed by atoms with van der Waals surface area (Å²) in [4.78, 5) is 12.7. The minimum Gasteiger partial charge on any atom is -0.490 e. The second-order valence-corrected chi connectivity index (χ2v) is 15.4. The Labute approximate surface area is 287 Å². The van der Waals surface area contributed by atoms with E-state index in [1.165, 1.54) is 57.8 Å². The standard InChI is InChI=1S/C39H69N5O3/c1-27(2)13-10-16-30(7)19-22-45-34-25-33(37-42-38(40)44-39(41)43-37)26-35(46-23-20-31(8)17-11-14-28(3)4)36(34)47-24-21-32(9)18-12-15-29(5)6/h25-32H,10-24H2,1-9H3,(H4,40,41,42,43,44)/t30-,31-,32-/m0/s1. The van der Waals surface area contributed by atoms with E-state index in [2.05, 4.69) is 77.3 Å². The number of ether oxygens (including phenoxy) is 3. The molecule has 0 spiro atoms. The van der Waals surface area contributed by atoms with Gasteiger partial charge in [-0.2, -0.15) is 15.0 Å². The number of nitrogens with two attached hydrogens (primary N) is 2. The van der Waals surface area contributed by atoms with Crippen LogP contribution in [0.4, 0.5) is 11.9 Å². The zero-order valence-electron chi connectivity index (χ0n) is 31.4. The highest BCUT2D eigenvalue weighted by Gasteiger charge is 2.20. The molecule has 47 heavy (non-hydrogen) atoms. The zero-order valence-corrected chi connectivity index (χ0v) is 31.4. The number of nitrogens with zero attached hydrogens (tertiary/aromatic N) is 3. The number of hydrogen-bond donors (Lipinski definition) is 2. The summed E-state index contributed by atoms with van der Waals surface area (Å²) in [5.74, 6) is 6.41. The van der Waals surface area contributed by atoms with E-state index in [1.807, 2.05) is 12.1 Å². The van der Waals surface area contributed by atoms with Crippen LogP contribution in [0.5, 0.6) is 17.2 Å². The van der Waals surface area contributed by atoms with Gasteiger partial charge in [0.2, 0.25) is 17.6 Å². The smallest absolute Gasteiger partial charge is 0.225 e. The molecule has 3 atom stereocenters. The van der Waals surface area contributed by atoms with Crippen LogP contribution in [0.2, 0.25) is 0 Å². The second-order valence-electron chi connectivity index (χ2n) is 15.4. The maximum absolute atomic E-state index is 6.55. The molecule has 0 amide bonds. The van der Waals surface area contributed by atoms with Crippen LogP contribution in [0, 0.1) is 35.5 Å². The SMILES string of the molecule is CC(C)CCC[C@H](C)CCOc1cc(-c2nc(N)nc(N)n2)cc(OCC[C@@H](C)CCCC(C)C)c1OCC[C@@H](C)CCCC(C)C. The van der Waals surface area contributed by atoms with Gasteiger partial charge in [0.25, 0.3) is 0 Å². The lowest BCUT2D eigenvalue weighted by Gasteiger charge is -2.21. The van der Waals surface area contributed by atoms with Gasteiger partial charge < -0.3 is 25.7 Å². The monoisotopic (exact) mass is 656 g/mol. The molecular weight excluding hydrogens is 586 g/mol. The molecule has 0 aliphatic rings. The van der Waals surface area contributed by atoms with E-state index in [-0.39, 0.29) is 11.9 Å². The molecule has 0 bridgehead atoms. The van der Waals surface area contributed by atoms with Crippen LogP contribution in [0.3, 0.4) is 0 Å². The van der Waals surface area contributed by atoms with Crippen molar-refractivity contribution in [1.29, 1.82) is 0 Å². The van der Waals surface area contributed by atoms with Crippen molar-refractivity contribution in [3.8, 4) is 28.6 Å². The van der Waals surface area contributed by atoms with E-state index in [9.17, 15) is 0 Å². The van der Waals surface area contributed by atoms with Crippen LogP contribution in [-0.2, 0) is 0 Å². The number of nitrogen functional groups attached to an aromatic ring is 2. The lowest BCUT2D eigenvalue weighted by molar-refractivity contribution is 0.216. The Morgan fingerprint density at radius 1 is 0.489 bits per heavy atom.